The van der Waals surface area contributed by atoms with E-state index in [0.717, 1.165) is 0 Å². The molecule has 0 aromatic heterocycles. The van der Waals surface area contributed by atoms with Gasteiger partial charge in [0.2, 0.25) is 5.91 Å². The molecule has 0 aliphatic heterocycles. The Balaban J connectivity index is 2.27. The Bertz CT molecular complexity index is 464. The number of ether oxygens (including phenoxy) is 1. The predicted molar refractivity (Wildman–Crippen MR) is 76.0 cm³/mol. The summed E-state index contributed by atoms with van der Waals surface area (Å²) in [5.74, 6) is -1.17. The Morgan fingerprint density at radius 3 is 2.70 bits per heavy atom. The third kappa shape index (κ3) is 5.48. The minimum atomic E-state index is -0.903. The minimum absolute atomic E-state index is 0.136. The minimum Gasteiger partial charge on any atom is -0.491 e. The van der Waals surface area contributed by atoms with Crippen LogP contribution < -0.4 is 10.1 Å². The summed E-state index contributed by atoms with van der Waals surface area (Å²) in [4.78, 5) is 22.3. The number of nitrogens with one attached hydrogen (secondary N) is 1. The maximum Gasteiger partial charge on any atom is 0.308 e. The fraction of sp³-hybridized carbons (Fsp3) is 0.429. The smallest absolute Gasteiger partial charge is 0.308 e. The van der Waals surface area contributed by atoms with Crippen LogP contribution in [-0.2, 0) is 9.59 Å². The van der Waals surface area contributed by atoms with Gasteiger partial charge in [-0.25, -0.2) is 0 Å². The second-order valence-electron chi connectivity index (χ2n) is 4.28. The number of amides is 1. The van der Waals surface area contributed by atoms with Crippen molar-refractivity contribution >= 4 is 23.5 Å². The van der Waals surface area contributed by atoms with Crippen LogP contribution in [0.1, 0.15) is 19.8 Å². The number of carbonyl (C=O) groups excluding carboxylic acids is 1. The van der Waals surface area contributed by atoms with Crippen LogP contribution in [0.4, 0.5) is 0 Å². The normalized spacial score (nSPS) is 11.7. The molecule has 5 nitrogen and oxygen atoms in total. The molecule has 110 valence electrons. The van der Waals surface area contributed by atoms with Crippen molar-refractivity contribution < 1.29 is 19.4 Å². The maximum absolute atomic E-state index is 11.5. The standard InChI is InChI=1S/C14H18ClNO4/c1-2-10(14(18)19)9-16-13(17)7-8-20-12-6-4-3-5-11(12)15/h3-6,10H,2,7-9H2,1H3,(H,16,17)(H,18,19). The fourth-order valence-electron chi connectivity index (χ4n) is 1.55. The number of halogens is 1. The van der Waals surface area contributed by atoms with Crippen LogP contribution in [0.15, 0.2) is 24.3 Å². The zero-order valence-corrected chi connectivity index (χ0v) is 12.0. The molecule has 1 rings (SSSR count). The summed E-state index contributed by atoms with van der Waals surface area (Å²) in [6.45, 7) is 2.10. The Kier molecular flexibility index (Phi) is 6.87. The van der Waals surface area contributed by atoms with Gasteiger partial charge in [-0.1, -0.05) is 30.7 Å². The molecule has 0 aliphatic carbocycles. The molecule has 6 heteroatoms. The fourth-order valence-corrected chi connectivity index (χ4v) is 1.74. The molecule has 1 amide bonds. The van der Waals surface area contributed by atoms with Crippen molar-refractivity contribution in [2.45, 2.75) is 19.8 Å². The summed E-state index contributed by atoms with van der Waals surface area (Å²) in [5, 5.41) is 11.9. The molecular weight excluding hydrogens is 282 g/mol. The van der Waals surface area contributed by atoms with E-state index in [1.54, 1.807) is 31.2 Å². The van der Waals surface area contributed by atoms with Crippen LogP contribution in [0, 0.1) is 5.92 Å². The number of aliphatic carboxylic acids is 1. The Morgan fingerprint density at radius 2 is 2.10 bits per heavy atom. The average Bonchev–Trinajstić information content (AvgIpc) is 2.41. The average molecular weight is 300 g/mol. The van der Waals surface area contributed by atoms with Crippen molar-refractivity contribution in [3.05, 3.63) is 29.3 Å². The number of rotatable bonds is 8. The lowest BCUT2D eigenvalue weighted by Gasteiger charge is -2.11. The summed E-state index contributed by atoms with van der Waals surface area (Å²) in [6.07, 6.45) is 0.632. The molecule has 20 heavy (non-hydrogen) atoms. The van der Waals surface area contributed by atoms with Gasteiger partial charge >= 0.3 is 5.97 Å². The largest absolute Gasteiger partial charge is 0.491 e. The van der Waals surface area contributed by atoms with Crippen molar-refractivity contribution in [3.63, 3.8) is 0 Å². The van der Waals surface area contributed by atoms with Gasteiger partial charge in [0.1, 0.15) is 5.75 Å². The van der Waals surface area contributed by atoms with Crippen LogP contribution in [-0.4, -0.2) is 30.1 Å². The number of carbonyl (C=O) groups is 2. The monoisotopic (exact) mass is 299 g/mol. The van der Waals surface area contributed by atoms with E-state index in [0.29, 0.717) is 17.2 Å². The van der Waals surface area contributed by atoms with Gasteiger partial charge in [0.25, 0.3) is 0 Å². The zero-order valence-electron chi connectivity index (χ0n) is 11.3. The summed E-state index contributed by atoms with van der Waals surface area (Å²) in [7, 11) is 0. The van der Waals surface area contributed by atoms with Gasteiger partial charge < -0.3 is 15.2 Å². The van der Waals surface area contributed by atoms with E-state index in [9.17, 15) is 9.59 Å². The van der Waals surface area contributed by atoms with E-state index in [2.05, 4.69) is 5.32 Å². The van der Waals surface area contributed by atoms with E-state index in [4.69, 9.17) is 21.4 Å². The first-order valence-corrected chi connectivity index (χ1v) is 6.79. The van der Waals surface area contributed by atoms with Crippen LogP contribution in [0.3, 0.4) is 0 Å². The molecule has 0 heterocycles. The highest BCUT2D eigenvalue weighted by atomic mass is 35.5. The van der Waals surface area contributed by atoms with Crippen molar-refractivity contribution in [3.8, 4) is 5.75 Å². The van der Waals surface area contributed by atoms with Crippen molar-refractivity contribution in [1.82, 2.24) is 5.32 Å². The number of para-hydroxylation sites is 1. The molecular formula is C14H18ClNO4. The Hall–Kier alpha value is -1.75. The zero-order chi connectivity index (χ0) is 15.0. The molecule has 1 atom stereocenters. The van der Waals surface area contributed by atoms with E-state index in [1.807, 2.05) is 0 Å². The van der Waals surface area contributed by atoms with Gasteiger partial charge in [0.05, 0.1) is 24.0 Å². The molecule has 2 N–H and O–H groups in total. The first-order chi connectivity index (χ1) is 9.54. The van der Waals surface area contributed by atoms with Crippen molar-refractivity contribution in [2.24, 2.45) is 5.92 Å². The van der Waals surface area contributed by atoms with Gasteiger partial charge in [0.15, 0.2) is 0 Å². The van der Waals surface area contributed by atoms with E-state index < -0.39 is 11.9 Å². The van der Waals surface area contributed by atoms with Gasteiger partial charge in [-0.15, -0.1) is 0 Å². The lowest BCUT2D eigenvalue weighted by molar-refractivity contribution is -0.141. The van der Waals surface area contributed by atoms with E-state index >= 15 is 0 Å². The van der Waals surface area contributed by atoms with Gasteiger partial charge in [-0.3, -0.25) is 9.59 Å². The lowest BCUT2D eigenvalue weighted by atomic mass is 10.1. The molecule has 0 saturated heterocycles. The van der Waals surface area contributed by atoms with Gasteiger partial charge in [-0.05, 0) is 18.6 Å². The molecule has 0 saturated carbocycles. The number of benzene rings is 1. The number of carboxylic acid groups (broad SMARTS) is 1. The second-order valence-corrected chi connectivity index (χ2v) is 4.68. The summed E-state index contributed by atoms with van der Waals surface area (Å²) >= 11 is 5.91. The molecule has 1 aromatic rings. The topological polar surface area (TPSA) is 75.6 Å². The van der Waals surface area contributed by atoms with Crippen molar-refractivity contribution in [1.29, 1.82) is 0 Å². The van der Waals surface area contributed by atoms with Crippen LogP contribution >= 0.6 is 11.6 Å². The highest BCUT2D eigenvalue weighted by Crippen LogP contribution is 2.22. The Morgan fingerprint density at radius 1 is 1.40 bits per heavy atom. The molecule has 0 radical (unpaired) electrons. The predicted octanol–water partition coefficient (Wildman–Crippen LogP) is 2.34. The highest BCUT2D eigenvalue weighted by Gasteiger charge is 2.15. The molecule has 1 unspecified atom stereocenters. The molecule has 0 spiro atoms. The molecule has 0 fully saturated rings. The highest BCUT2D eigenvalue weighted by molar-refractivity contribution is 6.32. The van der Waals surface area contributed by atoms with Gasteiger partial charge in [0, 0.05) is 6.54 Å². The molecule has 1 aromatic carbocycles. The van der Waals surface area contributed by atoms with Crippen LogP contribution in [0.25, 0.3) is 0 Å². The summed E-state index contributed by atoms with van der Waals surface area (Å²) in [6, 6.07) is 7.01. The van der Waals surface area contributed by atoms with Crippen molar-refractivity contribution in [2.75, 3.05) is 13.2 Å². The molecule has 0 aliphatic rings. The summed E-state index contributed by atoms with van der Waals surface area (Å²) in [5.41, 5.74) is 0. The quantitative estimate of drug-likeness (QED) is 0.772. The third-order valence-electron chi connectivity index (χ3n) is 2.81. The Labute approximate surface area is 122 Å². The number of hydrogen-bond acceptors (Lipinski definition) is 3. The van der Waals surface area contributed by atoms with E-state index in [-0.39, 0.29) is 25.5 Å². The SMILES string of the molecule is CCC(CNC(=O)CCOc1ccccc1Cl)C(=O)O. The van der Waals surface area contributed by atoms with E-state index in [1.165, 1.54) is 0 Å². The lowest BCUT2D eigenvalue weighted by Crippen LogP contribution is -2.33. The summed E-state index contributed by atoms with van der Waals surface area (Å²) < 4.78 is 5.38. The third-order valence-corrected chi connectivity index (χ3v) is 3.12. The first kappa shape index (κ1) is 16.3. The van der Waals surface area contributed by atoms with Crippen LogP contribution in [0.5, 0.6) is 5.75 Å². The number of carboxylic acids is 1. The first-order valence-electron chi connectivity index (χ1n) is 6.41. The van der Waals surface area contributed by atoms with Gasteiger partial charge in [-0.2, -0.15) is 0 Å². The second kappa shape index (κ2) is 8.43. The maximum atomic E-state index is 11.5. The molecule has 0 bridgehead atoms. The number of hydrogen-bond donors (Lipinski definition) is 2. The van der Waals surface area contributed by atoms with Crippen LogP contribution in [0.2, 0.25) is 5.02 Å².